The number of fused-ring (bicyclic) bond motifs is 1. The fourth-order valence-electron chi connectivity index (χ4n) is 6.04. The van der Waals surface area contributed by atoms with Crippen LogP contribution in [0.4, 0.5) is 42.5 Å². The third kappa shape index (κ3) is 9.67. The number of carbonyl (C=O) groups excluding carboxylic acids is 2. The van der Waals surface area contributed by atoms with Crippen molar-refractivity contribution in [3.8, 4) is 0 Å². The summed E-state index contributed by atoms with van der Waals surface area (Å²) in [5.41, 5.74) is -1.79. The minimum Gasteiger partial charge on any atom is -0.444 e. The molecule has 1 aromatic heterocycles. The van der Waals surface area contributed by atoms with Crippen LogP contribution in [-0.2, 0) is 21.9 Å². The number of halogens is 6. The van der Waals surface area contributed by atoms with E-state index >= 15 is 0 Å². The molecule has 2 aliphatic rings. The van der Waals surface area contributed by atoms with Crippen molar-refractivity contribution >= 4 is 46.0 Å². The molecule has 8 nitrogen and oxygen atoms in total. The van der Waals surface area contributed by atoms with Crippen LogP contribution >= 0.6 is 11.8 Å². The van der Waals surface area contributed by atoms with Gasteiger partial charge >= 0.3 is 18.4 Å². The van der Waals surface area contributed by atoms with Crippen molar-refractivity contribution in [3.63, 3.8) is 0 Å². The summed E-state index contributed by atoms with van der Waals surface area (Å²) in [6.07, 6.45) is -7.93. The number of piperidine rings is 1. The highest BCUT2D eigenvalue weighted by Gasteiger charge is 2.37. The molecule has 50 heavy (non-hydrogen) atoms. The molecule has 0 radical (unpaired) electrons. The van der Waals surface area contributed by atoms with Gasteiger partial charge in [0.1, 0.15) is 11.3 Å². The number of anilines is 2. The van der Waals surface area contributed by atoms with E-state index < -0.39 is 35.3 Å². The number of alkyl halides is 6. The quantitative estimate of drug-likeness (QED) is 0.186. The average Bonchev–Trinajstić information content (AvgIpc) is 3.05. The van der Waals surface area contributed by atoms with E-state index in [0.29, 0.717) is 29.9 Å². The molecule has 2 fully saturated rings. The molecule has 1 N–H and O–H groups in total. The van der Waals surface area contributed by atoms with Gasteiger partial charge in [0.05, 0.1) is 11.1 Å². The maximum atomic E-state index is 14.1. The number of amides is 2. The van der Waals surface area contributed by atoms with Crippen LogP contribution in [0, 0.1) is 5.92 Å². The Morgan fingerprint density at radius 2 is 1.58 bits per heavy atom. The molecule has 2 amide bonds. The number of aromatic nitrogens is 1. The smallest absolute Gasteiger partial charge is 0.433 e. The highest BCUT2D eigenvalue weighted by molar-refractivity contribution is 7.99. The van der Waals surface area contributed by atoms with Gasteiger partial charge in [-0.3, -0.25) is 4.79 Å². The molecular formula is C35H41F6N5O3S. The maximum absolute atomic E-state index is 14.1. The first-order valence-corrected chi connectivity index (χ1v) is 17.5. The first kappa shape index (κ1) is 37.4. The zero-order valence-electron chi connectivity index (χ0n) is 28.2. The molecule has 3 heterocycles. The number of carbonyl (C=O) groups is 2. The number of hydrogen-bond donors (Lipinski definition) is 1. The molecule has 15 heteroatoms. The van der Waals surface area contributed by atoms with Crippen LogP contribution in [0.5, 0.6) is 0 Å². The summed E-state index contributed by atoms with van der Waals surface area (Å²) in [5.74, 6) is 0.986. The summed E-state index contributed by atoms with van der Waals surface area (Å²) < 4.78 is 87.0. The lowest BCUT2D eigenvalue weighted by Crippen LogP contribution is -2.50. The topological polar surface area (TPSA) is 78.0 Å². The number of nitrogens with zero attached hydrogens (tertiary/aromatic N) is 4. The van der Waals surface area contributed by atoms with E-state index in [-0.39, 0.29) is 56.4 Å². The molecule has 2 aliphatic heterocycles. The largest absolute Gasteiger partial charge is 0.444 e. The van der Waals surface area contributed by atoms with Crippen LogP contribution in [0.3, 0.4) is 0 Å². The number of nitrogens with one attached hydrogen (secondary N) is 1. The number of rotatable bonds is 8. The van der Waals surface area contributed by atoms with Gasteiger partial charge < -0.3 is 24.8 Å². The van der Waals surface area contributed by atoms with Gasteiger partial charge in [-0.05, 0) is 82.0 Å². The Kier molecular flexibility index (Phi) is 11.3. The third-order valence-electron chi connectivity index (χ3n) is 8.67. The minimum absolute atomic E-state index is 0.0386. The van der Waals surface area contributed by atoms with E-state index in [9.17, 15) is 35.9 Å². The lowest BCUT2D eigenvalue weighted by molar-refractivity contribution is -0.141. The Labute approximate surface area is 291 Å². The molecule has 272 valence electrons. The number of benzene rings is 2. The zero-order chi connectivity index (χ0) is 36.3. The summed E-state index contributed by atoms with van der Waals surface area (Å²) in [4.78, 5) is 34.8. The standard InChI is InChI=1S/C35H41F6N5O3S/c1-33(2,3)49-32(48)46-19-17-44(18-20-46)28-9-7-24(21-26(28)34(36,37)38)42-14-11-31(47)45-15-12-23(13-16-45)22-50-29-6-4-5-27-25(29)8-10-30(43-27)35(39,40)41/h4-10,21,23,42H,11-20,22H2,1-3H3. The fourth-order valence-corrected chi connectivity index (χ4v) is 7.30. The second kappa shape index (κ2) is 15.2. The molecule has 0 bridgehead atoms. The van der Waals surface area contributed by atoms with Gasteiger partial charge in [0.15, 0.2) is 0 Å². The molecule has 3 aromatic rings. The monoisotopic (exact) mass is 725 g/mol. The molecule has 5 rings (SSSR count). The molecule has 2 aromatic carbocycles. The van der Waals surface area contributed by atoms with Crippen molar-refractivity contribution in [1.82, 2.24) is 14.8 Å². The van der Waals surface area contributed by atoms with Crippen molar-refractivity contribution in [2.45, 2.75) is 62.9 Å². The van der Waals surface area contributed by atoms with Gasteiger partial charge in [-0.15, -0.1) is 11.8 Å². The lowest BCUT2D eigenvalue weighted by Gasteiger charge is -2.37. The van der Waals surface area contributed by atoms with Crippen molar-refractivity contribution in [2.75, 3.05) is 61.8 Å². The van der Waals surface area contributed by atoms with Crippen molar-refractivity contribution in [1.29, 1.82) is 0 Å². The van der Waals surface area contributed by atoms with Crippen LogP contribution < -0.4 is 10.2 Å². The lowest BCUT2D eigenvalue weighted by atomic mass is 9.99. The number of likely N-dealkylation sites (tertiary alicyclic amines) is 1. The van der Waals surface area contributed by atoms with Gasteiger partial charge in [0.2, 0.25) is 5.91 Å². The highest BCUT2D eigenvalue weighted by Crippen LogP contribution is 2.39. The number of piperazine rings is 1. The van der Waals surface area contributed by atoms with Gasteiger partial charge in [-0.1, -0.05) is 6.07 Å². The number of ether oxygens (including phenoxy) is 1. The average molecular weight is 726 g/mol. The van der Waals surface area contributed by atoms with E-state index in [1.165, 1.54) is 17.0 Å². The van der Waals surface area contributed by atoms with Gasteiger partial charge in [0.25, 0.3) is 0 Å². The maximum Gasteiger partial charge on any atom is 0.433 e. The molecular weight excluding hydrogens is 684 g/mol. The number of pyridine rings is 1. The fraction of sp³-hybridized carbons (Fsp3) is 0.514. The van der Waals surface area contributed by atoms with E-state index in [2.05, 4.69) is 10.3 Å². The molecule has 2 saturated heterocycles. The normalized spacial score (nSPS) is 16.5. The third-order valence-corrected chi connectivity index (χ3v) is 9.97. The molecule has 0 saturated carbocycles. The van der Waals surface area contributed by atoms with Gasteiger partial charge in [-0.25, -0.2) is 9.78 Å². The summed E-state index contributed by atoms with van der Waals surface area (Å²) in [6.45, 7) is 7.49. The predicted molar refractivity (Wildman–Crippen MR) is 181 cm³/mol. The van der Waals surface area contributed by atoms with Crippen molar-refractivity contribution in [3.05, 3.63) is 59.8 Å². The second-order valence-corrected chi connectivity index (χ2v) is 14.6. The van der Waals surface area contributed by atoms with E-state index in [1.54, 1.807) is 60.5 Å². The van der Waals surface area contributed by atoms with Gasteiger partial charge in [0, 0.05) is 79.6 Å². The number of thioether (sulfide) groups is 1. The Morgan fingerprint density at radius 3 is 2.22 bits per heavy atom. The van der Waals surface area contributed by atoms with Gasteiger partial charge in [-0.2, -0.15) is 26.3 Å². The van der Waals surface area contributed by atoms with E-state index in [0.717, 1.165) is 35.6 Å². The van der Waals surface area contributed by atoms with Crippen LogP contribution in [0.25, 0.3) is 10.9 Å². The molecule has 0 unspecified atom stereocenters. The Hall–Kier alpha value is -3.88. The highest BCUT2D eigenvalue weighted by atomic mass is 32.2. The zero-order valence-corrected chi connectivity index (χ0v) is 29.0. The van der Waals surface area contributed by atoms with Crippen molar-refractivity contribution in [2.24, 2.45) is 5.92 Å². The summed E-state index contributed by atoms with van der Waals surface area (Å²) in [7, 11) is 0. The van der Waals surface area contributed by atoms with Crippen LogP contribution in [-0.4, -0.2) is 84.0 Å². The Morgan fingerprint density at radius 1 is 0.880 bits per heavy atom. The Balaban J connectivity index is 1.08. The molecule has 0 atom stereocenters. The summed E-state index contributed by atoms with van der Waals surface area (Å²) >= 11 is 1.57. The first-order valence-electron chi connectivity index (χ1n) is 16.5. The Bertz CT molecular complexity index is 1660. The van der Waals surface area contributed by atoms with Crippen LogP contribution in [0.15, 0.2) is 53.4 Å². The van der Waals surface area contributed by atoms with E-state index in [4.69, 9.17) is 4.74 Å². The van der Waals surface area contributed by atoms with Crippen LogP contribution in [0.1, 0.15) is 51.3 Å². The number of hydrogen-bond acceptors (Lipinski definition) is 7. The second-order valence-electron chi connectivity index (χ2n) is 13.5. The first-order chi connectivity index (χ1) is 23.5. The molecule has 0 aliphatic carbocycles. The predicted octanol–water partition coefficient (Wildman–Crippen LogP) is 8.16. The summed E-state index contributed by atoms with van der Waals surface area (Å²) in [6, 6.07) is 11.6. The SMILES string of the molecule is CC(C)(C)OC(=O)N1CCN(c2ccc(NCCC(=O)N3CCC(CSc4cccc5nc(C(F)(F)F)ccc45)CC3)cc2C(F)(F)F)CC1. The minimum atomic E-state index is -4.60. The summed E-state index contributed by atoms with van der Waals surface area (Å²) in [5, 5.41) is 3.64. The van der Waals surface area contributed by atoms with E-state index in [1.807, 2.05) is 6.07 Å². The molecule has 0 spiro atoms. The van der Waals surface area contributed by atoms with Crippen LogP contribution in [0.2, 0.25) is 0 Å². The van der Waals surface area contributed by atoms with Crippen molar-refractivity contribution < 1.29 is 40.7 Å².